The molecule has 2 aliphatic heterocycles. The smallest absolute Gasteiger partial charge is 0.323 e. The molecule has 2 aliphatic carbocycles. The highest BCUT2D eigenvalue weighted by atomic mass is 32.2. The third-order valence-corrected chi connectivity index (χ3v) is 9.55. The van der Waals surface area contributed by atoms with Gasteiger partial charge in [0.1, 0.15) is 12.3 Å². The van der Waals surface area contributed by atoms with E-state index in [1.807, 2.05) is 12.1 Å². The average molecular weight is 432 g/mol. The molecule has 2 aromatic rings. The normalized spacial score (nSPS) is 37.0. The summed E-state index contributed by atoms with van der Waals surface area (Å²) in [7, 11) is 0. The van der Waals surface area contributed by atoms with Crippen LogP contribution in [0.25, 0.3) is 0 Å². The minimum Gasteiger partial charge on any atom is -0.480 e. The molecule has 7 atom stereocenters. The van der Waals surface area contributed by atoms with Crippen molar-refractivity contribution in [2.24, 2.45) is 29.6 Å². The molecule has 4 aliphatic rings. The van der Waals surface area contributed by atoms with Gasteiger partial charge >= 0.3 is 10.8 Å². The molecule has 0 unspecified atom stereocenters. The number of rotatable bonds is 3. The molecule has 2 bridgehead atoms. The Labute approximate surface area is 172 Å². The van der Waals surface area contributed by atoms with Crippen LogP contribution >= 0.6 is 23.1 Å². The van der Waals surface area contributed by atoms with Crippen LogP contribution in [0.2, 0.25) is 0 Å². The Morgan fingerprint density at radius 3 is 2.69 bits per heavy atom. The van der Waals surface area contributed by atoms with Gasteiger partial charge in [-0.25, -0.2) is 0 Å². The minimum atomic E-state index is -1.18. The number of thioether (sulfide) groups is 1. The second kappa shape index (κ2) is 5.85. The van der Waals surface area contributed by atoms with E-state index in [0.29, 0.717) is 0 Å². The highest BCUT2D eigenvalue weighted by molar-refractivity contribution is 8.00. The number of aromatic nitrogens is 1. The molecule has 2 aromatic heterocycles. The topological polar surface area (TPSA) is 121 Å². The Morgan fingerprint density at radius 1 is 1.24 bits per heavy atom. The van der Waals surface area contributed by atoms with E-state index in [4.69, 9.17) is 9.52 Å². The first-order chi connectivity index (χ1) is 14.0. The predicted octanol–water partition coefficient (Wildman–Crippen LogP) is 1.59. The number of carbonyl (C=O) groups excluding carboxylic acids is 2. The Hall–Kier alpha value is -2.33. The van der Waals surface area contributed by atoms with Crippen LogP contribution in [0.5, 0.6) is 0 Å². The van der Waals surface area contributed by atoms with Crippen molar-refractivity contribution < 1.29 is 23.9 Å². The van der Waals surface area contributed by atoms with Crippen LogP contribution in [0.1, 0.15) is 23.0 Å². The van der Waals surface area contributed by atoms with Crippen molar-refractivity contribution in [3.8, 4) is 0 Å². The molecule has 0 spiro atoms. The minimum absolute atomic E-state index is 0.00995. The molecule has 6 rings (SSSR count). The summed E-state index contributed by atoms with van der Waals surface area (Å²) < 4.78 is 5.73. The summed E-state index contributed by atoms with van der Waals surface area (Å²) in [6, 6.07) is 3.71. The SMILES string of the molecule is O=C(O)CN1C(=O)[C@@H]2[C@H]3C[C@@H]([C@@H]2C1=O)[C@H]1[C@H](c2ccco2)c2sc(=O)[nH]c2S[C@H]31. The molecule has 8 nitrogen and oxygen atoms in total. The lowest BCUT2D eigenvalue weighted by molar-refractivity contribution is -0.149. The van der Waals surface area contributed by atoms with Gasteiger partial charge in [0.15, 0.2) is 0 Å². The van der Waals surface area contributed by atoms with E-state index in [0.717, 1.165) is 27.0 Å². The van der Waals surface area contributed by atoms with E-state index in [-0.39, 0.29) is 45.6 Å². The highest BCUT2D eigenvalue weighted by Crippen LogP contribution is 2.68. The first kappa shape index (κ1) is 17.5. The maximum Gasteiger partial charge on any atom is 0.323 e. The lowest BCUT2D eigenvalue weighted by Crippen LogP contribution is -2.42. The van der Waals surface area contributed by atoms with Crippen LogP contribution in [0, 0.1) is 29.6 Å². The number of nitrogens with zero attached hydrogens (tertiary/aromatic N) is 1. The van der Waals surface area contributed by atoms with E-state index in [9.17, 15) is 19.2 Å². The molecule has 10 heteroatoms. The van der Waals surface area contributed by atoms with Crippen molar-refractivity contribution in [2.75, 3.05) is 6.54 Å². The van der Waals surface area contributed by atoms with Crippen LogP contribution in [0.4, 0.5) is 0 Å². The summed E-state index contributed by atoms with van der Waals surface area (Å²) in [5, 5.41) is 10.0. The largest absolute Gasteiger partial charge is 0.480 e. The molecule has 0 radical (unpaired) electrons. The van der Waals surface area contributed by atoms with Gasteiger partial charge in [-0.15, -0.1) is 11.8 Å². The number of carbonyl (C=O) groups is 3. The lowest BCUT2D eigenvalue weighted by Gasteiger charge is -2.42. The number of hydrogen-bond acceptors (Lipinski definition) is 7. The number of carboxylic acid groups (broad SMARTS) is 1. The Bertz CT molecular complexity index is 1100. The van der Waals surface area contributed by atoms with Crippen LogP contribution in [0.3, 0.4) is 0 Å². The van der Waals surface area contributed by atoms with Gasteiger partial charge in [-0.2, -0.15) is 0 Å². The number of H-pyrrole nitrogens is 1. The van der Waals surface area contributed by atoms with E-state index >= 15 is 0 Å². The standard InChI is InChI=1S/C19H16N2O6S2/c22-9(23)5-21-17(24)11-6-4-7(12(11)18(21)25)14-10(6)13(8-2-1-3-27-8)15-16(28-14)20-19(26)29-15/h1-3,6-7,10-14H,4-5H2,(H,20,26)(H,22,23)/t6-,7-,10+,11+,12-,13+,14-/m1/s1. The van der Waals surface area contributed by atoms with Gasteiger partial charge in [-0.05, 0) is 36.3 Å². The number of imide groups is 1. The zero-order valence-corrected chi connectivity index (χ0v) is 16.6. The summed E-state index contributed by atoms with van der Waals surface area (Å²) in [6.45, 7) is -0.575. The van der Waals surface area contributed by atoms with Gasteiger partial charge in [0, 0.05) is 5.25 Å². The van der Waals surface area contributed by atoms with Crippen LogP contribution in [-0.4, -0.2) is 44.6 Å². The summed E-state index contributed by atoms with van der Waals surface area (Å²) >= 11 is 2.77. The van der Waals surface area contributed by atoms with Crippen LogP contribution < -0.4 is 4.87 Å². The quantitative estimate of drug-likeness (QED) is 0.707. The molecular weight excluding hydrogens is 416 g/mol. The van der Waals surface area contributed by atoms with Gasteiger partial charge in [0.2, 0.25) is 11.8 Å². The third kappa shape index (κ3) is 2.21. The second-order valence-electron chi connectivity index (χ2n) is 8.13. The van der Waals surface area contributed by atoms with Crippen molar-refractivity contribution in [3.63, 3.8) is 0 Å². The van der Waals surface area contributed by atoms with Crippen molar-refractivity contribution in [3.05, 3.63) is 38.7 Å². The van der Waals surface area contributed by atoms with E-state index in [2.05, 4.69) is 4.98 Å². The lowest BCUT2D eigenvalue weighted by atomic mass is 9.69. The molecule has 2 saturated carbocycles. The maximum absolute atomic E-state index is 13.0. The van der Waals surface area contributed by atoms with Crippen molar-refractivity contribution in [1.29, 1.82) is 0 Å². The molecular formula is C19H16N2O6S2. The molecule has 2 N–H and O–H groups in total. The molecule has 0 aromatic carbocycles. The van der Waals surface area contributed by atoms with Crippen LogP contribution in [0.15, 0.2) is 32.6 Å². The van der Waals surface area contributed by atoms with Crippen molar-refractivity contribution in [1.82, 2.24) is 9.88 Å². The second-order valence-corrected chi connectivity index (χ2v) is 10.3. The predicted molar refractivity (Wildman–Crippen MR) is 102 cm³/mol. The summed E-state index contributed by atoms with van der Waals surface area (Å²) in [5.74, 6) is -2.16. The van der Waals surface area contributed by atoms with Gasteiger partial charge < -0.3 is 14.5 Å². The number of likely N-dealkylation sites (tertiary alicyclic amines) is 1. The molecule has 3 fully saturated rings. The fourth-order valence-electron chi connectivity index (χ4n) is 6.16. The Morgan fingerprint density at radius 2 is 2.00 bits per heavy atom. The zero-order valence-electron chi connectivity index (χ0n) is 14.9. The van der Waals surface area contributed by atoms with Gasteiger partial charge in [0.05, 0.1) is 33.9 Å². The molecule has 4 heterocycles. The number of carboxylic acids is 1. The zero-order chi connectivity index (χ0) is 20.0. The van der Waals surface area contributed by atoms with E-state index < -0.39 is 24.3 Å². The molecule has 29 heavy (non-hydrogen) atoms. The number of aromatic amines is 1. The third-order valence-electron chi connectivity index (χ3n) is 6.96. The van der Waals surface area contributed by atoms with Gasteiger partial charge in [-0.1, -0.05) is 11.3 Å². The number of amides is 2. The summed E-state index contributed by atoms with van der Waals surface area (Å²) in [6.07, 6.45) is 2.38. The van der Waals surface area contributed by atoms with Crippen molar-refractivity contribution in [2.45, 2.75) is 22.6 Å². The number of thiazole rings is 1. The molecule has 2 amide bonds. The summed E-state index contributed by atoms with van der Waals surface area (Å²) in [4.78, 5) is 53.8. The number of aliphatic carboxylic acids is 1. The van der Waals surface area contributed by atoms with Gasteiger partial charge in [0.25, 0.3) is 0 Å². The fourth-order valence-corrected chi connectivity index (χ4v) is 9.03. The number of furan rings is 1. The Kier molecular flexibility index (Phi) is 3.54. The monoisotopic (exact) mass is 432 g/mol. The number of fused-ring (bicyclic) bond motifs is 9. The first-order valence-corrected chi connectivity index (χ1v) is 11.2. The number of hydrogen-bond donors (Lipinski definition) is 2. The molecule has 1 saturated heterocycles. The van der Waals surface area contributed by atoms with E-state index in [1.54, 1.807) is 18.0 Å². The van der Waals surface area contributed by atoms with Gasteiger partial charge in [-0.3, -0.25) is 24.1 Å². The van der Waals surface area contributed by atoms with Crippen molar-refractivity contribution >= 4 is 40.9 Å². The fraction of sp³-hybridized carbons (Fsp3) is 0.474. The maximum atomic E-state index is 13.0. The average Bonchev–Trinajstić information content (AvgIpc) is 3.45. The summed E-state index contributed by atoms with van der Waals surface area (Å²) in [5.41, 5.74) is 0. The number of nitrogens with one attached hydrogen (secondary N) is 1. The molecule has 150 valence electrons. The highest BCUT2D eigenvalue weighted by Gasteiger charge is 2.69. The van der Waals surface area contributed by atoms with Crippen LogP contribution in [-0.2, 0) is 14.4 Å². The van der Waals surface area contributed by atoms with E-state index in [1.165, 1.54) is 11.3 Å². The first-order valence-electron chi connectivity index (χ1n) is 9.45. The Balaban J connectivity index is 1.45.